The van der Waals surface area contributed by atoms with Gasteiger partial charge in [0.25, 0.3) is 0 Å². The van der Waals surface area contributed by atoms with Gasteiger partial charge in [0, 0.05) is 31.2 Å². The normalized spacial score (nSPS) is 21.3. The van der Waals surface area contributed by atoms with Crippen LogP contribution < -0.4 is 5.32 Å². The zero-order valence-electron chi connectivity index (χ0n) is 11.8. The largest absolute Gasteiger partial charge is 0.379 e. The van der Waals surface area contributed by atoms with E-state index in [1.54, 1.807) is 0 Å². The number of ketones is 1. The van der Waals surface area contributed by atoms with Crippen LogP contribution in [-0.4, -0.2) is 41.4 Å². The van der Waals surface area contributed by atoms with E-state index in [9.17, 15) is 4.79 Å². The van der Waals surface area contributed by atoms with E-state index in [4.69, 9.17) is 4.74 Å². The number of nitrogens with zero attached hydrogens (tertiary/aromatic N) is 2. The summed E-state index contributed by atoms with van der Waals surface area (Å²) < 4.78 is 7.28. The molecule has 2 heterocycles. The molecule has 1 aromatic rings. The number of ether oxygens (including phenoxy) is 1. The van der Waals surface area contributed by atoms with Gasteiger partial charge in [0.2, 0.25) is 0 Å². The van der Waals surface area contributed by atoms with Crippen molar-refractivity contribution in [1.82, 2.24) is 15.1 Å². The Hall–Kier alpha value is -1.20. The molecule has 0 spiro atoms. The van der Waals surface area contributed by atoms with Crippen molar-refractivity contribution in [2.75, 3.05) is 19.8 Å². The molecule has 1 fully saturated rings. The van der Waals surface area contributed by atoms with Crippen LogP contribution in [0, 0.1) is 0 Å². The molecule has 0 aromatic carbocycles. The fourth-order valence-corrected chi connectivity index (χ4v) is 2.20. The van der Waals surface area contributed by atoms with E-state index in [2.05, 4.69) is 24.3 Å². The Bertz CT molecular complexity index is 411. The van der Waals surface area contributed by atoms with Crippen LogP contribution in [0.5, 0.6) is 0 Å². The molecule has 0 saturated carbocycles. The van der Waals surface area contributed by atoms with Gasteiger partial charge in [-0.1, -0.05) is 6.92 Å². The van der Waals surface area contributed by atoms with E-state index in [1.165, 1.54) is 0 Å². The molecule has 1 N–H and O–H groups in total. The number of Topliss-reactive ketones (excluding diaryl/α,β-unsaturated/α-hetero) is 1. The van der Waals surface area contributed by atoms with Crippen LogP contribution in [0.15, 0.2) is 12.3 Å². The summed E-state index contributed by atoms with van der Waals surface area (Å²) in [5, 5.41) is 7.76. The van der Waals surface area contributed by atoms with E-state index >= 15 is 0 Å². The van der Waals surface area contributed by atoms with Gasteiger partial charge >= 0.3 is 0 Å². The van der Waals surface area contributed by atoms with Gasteiger partial charge in [-0.05, 0) is 19.4 Å². The summed E-state index contributed by atoms with van der Waals surface area (Å²) in [6, 6.07) is 2.49. The average Bonchev–Trinajstić information content (AvgIpc) is 2.87. The summed E-state index contributed by atoms with van der Waals surface area (Å²) in [7, 11) is 0. The molecule has 5 nitrogen and oxygen atoms in total. The lowest BCUT2D eigenvalue weighted by atomic mass is 10.1. The molecule has 0 bridgehead atoms. The highest BCUT2D eigenvalue weighted by Gasteiger charge is 2.17. The minimum absolute atomic E-state index is 0.165. The molecule has 1 saturated heterocycles. The van der Waals surface area contributed by atoms with Crippen LogP contribution >= 0.6 is 0 Å². The molecule has 0 amide bonds. The first-order valence-electron chi connectivity index (χ1n) is 7.06. The second-order valence-corrected chi connectivity index (χ2v) is 5.19. The summed E-state index contributed by atoms with van der Waals surface area (Å²) in [6.07, 6.45) is 3.94. The third-order valence-electron chi connectivity index (χ3n) is 3.56. The van der Waals surface area contributed by atoms with Gasteiger partial charge in [-0.3, -0.25) is 9.48 Å². The SMILES string of the molecule is CCC(C)n1ccc(CC(=O)CC2COCCN2)n1. The number of hydrogen-bond donors (Lipinski definition) is 1. The number of carbonyl (C=O) groups is 1. The Kier molecular flexibility index (Phi) is 5.10. The van der Waals surface area contributed by atoms with E-state index in [0.29, 0.717) is 25.5 Å². The molecular weight excluding hydrogens is 242 g/mol. The average molecular weight is 265 g/mol. The zero-order chi connectivity index (χ0) is 13.7. The van der Waals surface area contributed by atoms with Crippen LogP contribution in [0.1, 0.15) is 38.4 Å². The fraction of sp³-hybridized carbons (Fsp3) is 0.714. The van der Waals surface area contributed by atoms with Crippen molar-refractivity contribution in [3.63, 3.8) is 0 Å². The predicted molar refractivity (Wildman–Crippen MR) is 73.2 cm³/mol. The lowest BCUT2D eigenvalue weighted by Crippen LogP contribution is -2.42. The maximum atomic E-state index is 12.0. The maximum absolute atomic E-state index is 12.0. The van der Waals surface area contributed by atoms with Gasteiger partial charge in [-0.15, -0.1) is 0 Å². The third kappa shape index (κ3) is 4.14. The lowest BCUT2D eigenvalue weighted by molar-refractivity contribution is -0.119. The van der Waals surface area contributed by atoms with Gasteiger partial charge in [-0.2, -0.15) is 5.10 Å². The number of carbonyl (C=O) groups excluding carboxylic acids is 1. The molecule has 2 rings (SSSR count). The molecule has 106 valence electrons. The standard InChI is InChI=1S/C14H23N3O2/c1-3-11(2)17-6-4-12(16-17)8-14(18)9-13-10-19-7-5-15-13/h4,6,11,13,15H,3,5,7-10H2,1-2H3. The van der Waals surface area contributed by atoms with Crippen molar-refractivity contribution < 1.29 is 9.53 Å². The van der Waals surface area contributed by atoms with Crippen molar-refractivity contribution in [3.8, 4) is 0 Å². The summed E-state index contributed by atoms with van der Waals surface area (Å²) in [4.78, 5) is 12.0. The minimum Gasteiger partial charge on any atom is -0.379 e. The highest BCUT2D eigenvalue weighted by Crippen LogP contribution is 2.10. The smallest absolute Gasteiger partial charge is 0.140 e. The van der Waals surface area contributed by atoms with Gasteiger partial charge < -0.3 is 10.1 Å². The van der Waals surface area contributed by atoms with Crippen molar-refractivity contribution >= 4 is 5.78 Å². The highest BCUT2D eigenvalue weighted by atomic mass is 16.5. The van der Waals surface area contributed by atoms with E-state index in [0.717, 1.165) is 25.3 Å². The Morgan fingerprint density at radius 2 is 2.53 bits per heavy atom. The summed E-state index contributed by atoms with van der Waals surface area (Å²) in [5.74, 6) is 0.220. The predicted octanol–water partition coefficient (Wildman–Crippen LogP) is 1.34. The third-order valence-corrected chi connectivity index (χ3v) is 3.56. The highest BCUT2D eigenvalue weighted by molar-refractivity contribution is 5.81. The van der Waals surface area contributed by atoms with E-state index in [1.807, 2.05) is 16.9 Å². The van der Waals surface area contributed by atoms with Crippen molar-refractivity contribution in [2.45, 2.75) is 45.2 Å². The quantitative estimate of drug-likeness (QED) is 0.843. The Balaban J connectivity index is 1.82. The van der Waals surface area contributed by atoms with Gasteiger partial charge in [0.1, 0.15) is 5.78 Å². The first-order chi connectivity index (χ1) is 9.19. The Morgan fingerprint density at radius 3 is 3.21 bits per heavy atom. The molecule has 1 aliphatic heterocycles. The summed E-state index contributed by atoms with van der Waals surface area (Å²) in [5.41, 5.74) is 0.863. The molecule has 1 aliphatic rings. The first-order valence-corrected chi connectivity index (χ1v) is 7.06. The molecule has 19 heavy (non-hydrogen) atoms. The molecule has 0 radical (unpaired) electrons. The van der Waals surface area contributed by atoms with E-state index in [-0.39, 0.29) is 11.8 Å². The van der Waals surface area contributed by atoms with Crippen LogP contribution in [-0.2, 0) is 16.0 Å². The molecule has 2 atom stereocenters. The molecule has 2 unspecified atom stereocenters. The van der Waals surface area contributed by atoms with Crippen molar-refractivity contribution in [3.05, 3.63) is 18.0 Å². The van der Waals surface area contributed by atoms with Crippen molar-refractivity contribution in [2.24, 2.45) is 0 Å². The number of morpholine rings is 1. The number of aromatic nitrogens is 2. The Labute approximate surface area is 114 Å². The molecule has 5 heteroatoms. The maximum Gasteiger partial charge on any atom is 0.140 e. The van der Waals surface area contributed by atoms with Gasteiger partial charge in [0.05, 0.1) is 25.3 Å². The van der Waals surface area contributed by atoms with E-state index < -0.39 is 0 Å². The van der Waals surface area contributed by atoms with Crippen LogP contribution in [0.4, 0.5) is 0 Å². The number of rotatable bonds is 6. The Morgan fingerprint density at radius 1 is 1.68 bits per heavy atom. The lowest BCUT2D eigenvalue weighted by Gasteiger charge is -2.22. The van der Waals surface area contributed by atoms with Crippen LogP contribution in [0.3, 0.4) is 0 Å². The first kappa shape index (κ1) is 14.2. The molecular formula is C14H23N3O2. The summed E-state index contributed by atoms with van der Waals surface area (Å²) in [6.45, 7) is 6.46. The monoisotopic (exact) mass is 265 g/mol. The fourth-order valence-electron chi connectivity index (χ4n) is 2.20. The molecule has 1 aromatic heterocycles. The van der Waals surface area contributed by atoms with Gasteiger partial charge in [0.15, 0.2) is 0 Å². The number of hydrogen-bond acceptors (Lipinski definition) is 4. The van der Waals surface area contributed by atoms with Gasteiger partial charge in [-0.25, -0.2) is 0 Å². The topological polar surface area (TPSA) is 56.1 Å². The minimum atomic E-state index is 0.165. The second-order valence-electron chi connectivity index (χ2n) is 5.19. The molecule has 0 aliphatic carbocycles. The van der Waals surface area contributed by atoms with Crippen LogP contribution in [0.25, 0.3) is 0 Å². The zero-order valence-corrected chi connectivity index (χ0v) is 11.8. The number of nitrogens with one attached hydrogen (secondary N) is 1. The van der Waals surface area contributed by atoms with Crippen molar-refractivity contribution in [1.29, 1.82) is 0 Å². The van der Waals surface area contributed by atoms with Crippen LogP contribution in [0.2, 0.25) is 0 Å². The summed E-state index contributed by atoms with van der Waals surface area (Å²) >= 11 is 0. The second kappa shape index (κ2) is 6.82.